The zero-order valence-electron chi connectivity index (χ0n) is 10.7. The van der Waals surface area contributed by atoms with Crippen LogP contribution in [0.15, 0.2) is 24.3 Å². The highest BCUT2D eigenvalue weighted by atomic mass is 16.3. The van der Waals surface area contributed by atoms with Gasteiger partial charge in [0.15, 0.2) is 0 Å². The lowest BCUT2D eigenvalue weighted by Crippen LogP contribution is -2.17. The summed E-state index contributed by atoms with van der Waals surface area (Å²) < 4.78 is 0. The summed E-state index contributed by atoms with van der Waals surface area (Å²) >= 11 is 0. The van der Waals surface area contributed by atoms with Gasteiger partial charge in [0, 0.05) is 0 Å². The molecule has 0 saturated heterocycles. The van der Waals surface area contributed by atoms with Crippen LogP contribution in [0.25, 0.3) is 6.08 Å². The van der Waals surface area contributed by atoms with Gasteiger partial charge >= 0.3 is 0 Å². The van der Waals surface area contributed by atoms with E-state index in [9.17, 15) is 5.11 Å². The Kier molecular flexibility index (Phi) is 4.31. The number of hydrogen-bond acceptors (Lipinski definition) is 1. The molecule has 0 saturated carbocycles. The number of hydrogen-bond donors (Lipinski definition) is 1. The predicted octanol–water partition coefficient (Wildman–Crippen LogP) is 3.87. The lowest BCUT2D eigenvalue weighted by molar-refractivity contribution is 0.0722. The fourth-order valence-corrected chi connectivity index (χ4v) is 1.59. The van der Waals surface area contributed by atoms with Gasteiger partial charge in [0.1, 0.15) is 0 Å². The molecule has 0 radical (unpaired) electrons. The van der Waals surface area contributed by atoms with Crippen molar-refractivity contribution in [1.29, 1.82) is 0 Å². The highest BCUT2D eigenvalue weighted by Crippen LogP contribution is 2.15. The molecule has 16 heavy (non-hydrogen) atoms. The molecule has 1 aromatic rings. The maximum Gasteiger partial charge on any atom is 0.0594 e. The van der Waals surface area contributed by atoms with E-state index in [1.807, 2.05) is 13.8 Å². The normalized spacial score (nSPS) is 12.3. The smallest absolute Gasteiger partial charge is 0.0594 e. The van der Waals surface area contributed by atoms with Crippen molar-refractivity contribution < 1.29 is 5.11 Å². The number of aryl methyl sites for hydroxylation is 2. The molecule has 1 nitrogen and oxygen atoms in total. The number of allylic oxidation sites excluding steroid dienone is 1. The minimum absolute atomic E-state index is 0.564. The van der Waals surface area contributed by atoms with Gasteiger partial charge in [-0.05, 0) is 51.7 Å². The SMILES string of the molecule is Cc1ccc(C)c(/C=C/CCC(C)(C)O)c1. The number of aliphatic hydroxyl groups is 1. The van der Waals surface area contributed by atoms with Crippen molar-refractivity contribution >= 4 is 6.08 Å². The van der Waals surface area contributed by atoms with Crippen LogP contribution in [0, 0.1) is 13.8 Å². The summed E-state index contributed by atoms with van der Waals surface area (Å²) in [6.45, 7) is 7.92. The molecule has 0 amide bonds. The third-order valence-electron chi connectivity index (χ3n) is 2.65. The second-order valence-electron chi connectivity index (χ2n) is 5.11. The molecule has 0 aliphatic heterocycles. The highest BCUT2D eigenvalue weighted by Gasteiger charge is 2.09. The van der Waals surface area contributed by atoms with Crippen LogP contribution in [0.4, 0.5) is 0 Å². The molecule has 1 rings (SSSR count). The van der Waals surface area contributed by atoms with Crippen molar-refractivity contribution in [2.75, 3.05) is 0 Å². The van der Waals surface area contributed by atoms with E-state index in [0.29, 0.717) is 0 Å². The first-order chi connectivity index (χ1) is 7.38. The van der Waals surface area contributed by atoms with Crippen LogP contribution in [0.5, 0.6) is 0 Å². The van der Waals surface area contributed by atoms with Crippen LogP contribution < -0.4 is 0 Å². The van der Waals surface area contributed by atoms with Gasteiger partial charge < -0.3 is 5.11 Å². The lowest BCUT2D eigenvalue weighted by atomic mass is 10.0. The van der Waals surface area contributed by atoms with Crippen molar-refractivity contribution in [2.24, 2.45) is 0 Å². The van der Waals surface area contributed by atoms with Gasteiger partial charge in [-0.1, -0.05) is 35.9 Å². The molecule has 88 valence electrons. The Morgan fingerprint density at radius 3 is 2.56 bits per heavy atom. The standard InChI is InChI=1S/C15H22O/c1-12-8-9-13(2)14(11-12)7-5-6-10-15(3,4)16/h5,7-9,11,16H,6,10H2,1-4H3/b7-5+. The average Bonchev–Trinajstić information content (AvgIpc) is 2.16. The third kappa shape index (κ3) is 4.63. The van der Waals surface area contributed by atoms with E-state index in [0.717, 1.165) is 12.8 Å². The van der Waals surface area contributed by atoms with E-state index in [1.54, 1.807) is 0 Å². The van der Waals surface area contributed by atoms with Crippen molar-refractivity contribution in [2.45, 2.75) is 46.1 Å². The Morgan fingerprint density at radius 2 is 1.94 bits per heavy atom. The maximum atomic E-state index is 9.58. The molecule has 0 heterocycles. The van der Waals surface area contributed by atoms with E-state index in [-0.39, 0.29) is 0 Å². The monoisotopic (exact) mass is 218 g/mol. The first-order valence-corrected chi connectivity index (χ1v) is 5.85. The summed E-state index contributed by atoms with van der Waals surface area (Å²) in [5.74, 6) is 0. The summed E-state index contributed by atoms with van der Waals surface area (Å²) in [6.07, 6.45) is 6.00. The molecule has 0 atom stereocenters. The fraction of sp³-hybridized carbons (Fsp3) is 0.467. The molecule has 0 bridgehead atoms. The molecule has 0 fully saturated rings. The summed E-state index contributed by atoms with van der Waals surface area (Å²) in [5, 5.41) is 9.58. The Labute approximate surface area is 98.8 Å². The fourth-order valence-electron chi connectivity index (χ4n) is 1.59. The third-order valence-corrected chi connectivity index (χ3v) is 2.65. The van der Waals surface area contributed by atoms with Crippen LogP contribution in [0.3, 0.4) is 0 Å². The summed E-state index contributed by atoms with van der Waals surface area (Å²) in [4.78, 5) is 0. The molecular formula is C15H22O. The summed E-state index contributed by atoms with van der Waals surface area (Å²) in [6, 6.07) is 6.46. The minimum atomic E-state index is -0.564. The second kappa shape index (κ2) is 5.31. The van der Waals surface area contributed by atoms with E-state index in [4.69, 9.17) is 0 Å². The molecule has 1 aromatic carbocycles. The zero-order valence-corrected chi connectivity index (χ0v) is 10.7. The highest BCUT2D eigenvalue weighted by molar-refractivity contribution is 5.54. The lowest BCUT2D eigenvalue weighted by Gasteiger charge is -2.14. The van der Waals surface area contributed by atoms with Crippen molar-refractivity contribution in [3.05, 3.63) is 41.0 Å². The average molecular weight is 218 g/mol. The van der Waals surface area contributed by atoms with Crippen LogP contribution in [0.2, 0.25) is 0 Å². The minimum Gasteiger partial charge on any atom is -0.390 e. The van der Waals surface area contributed by atoms with Gasteiger partial charge in [-0.2, -0.15) is 0 Å². The molecule has 0 aromatic heterocycles. The Morgan fingerprint density at radius 1 is 1.25 bits per heavy atom. The summed E-state index contributed by atoms with van der Waals surface area (Å²) in [7, 11) is 0. The predicted molar refractivity (Wildman–Crippen MR) is 70.5 cm³/mol. The number of rotatable bonds is 4. The van der Waals surface area contributed by atoms with E-state index in [2.05, 4.69) is 44.2 Å². The molecular weight excluding hydrogens is 196 g/mol. The van der Waals surface area contributed by atoms with Crippen LogP contribution in [-0.4, -0.2) is 10.7 Å². The quantitative estimate of drug-likeness (QED) is 0.813. The van der Waals surface area contributed by atoms with Gasteiger partial charge in [-0.25, -0.2) is 0 Å². The Hall–Kier alpha value is -1.08. The van der Waals surface area contributed by atoms with E-state index >= 15 is 0 Å². The largest absolute Gasteiger partial charge is 0.390 e. The Bertz CT molecular complexity index is 370. The van der Waals surface area contributed by atoms with Gasteiger partial charge in [-0.3, -0.25) is 0 Å². The Balaban J connectivity index is 2.59. The first-order valence-electron chi connectivity index (χ1n) is 5.85. The molecule has 1 heteroatoms. The van der Waals surface area contributed by atoms with Crippen molar-refractivity contribution in [3.8, 4) is 0 Å². The van der Waals surface area contributed by atoms with Gasteiger partial charge in [-0.15, -0.1) is 0 Å². The van der Waals surface area contributed by atoms with Gasteiger partial charge in [0.2, 0.25) is 0 Å². The second-order valence-corrected chi connectivity index (χ2v) is 5.11. The van der Waals surface area contributed by atoms with Crippen LogP contribution in [-0.2, 0) is 0 Å². The van der Waals surface area contributed by atoms with Gasteiger partial charge in [0.25, 0.3) is 0 Å². The summed E-state index contributed by atoms with van der Waals surface area (Å²) in [5.41, 5.74) is 3.29. The van der Waals surface area contributed by atoms with Crippen molar-refractivity contribution in [1.82, 2.24) is 0 Å². The maximum absolute atomic E-state index is 9.58. The molecule has 0 aliphatic rings. The molecule has 0 aliphatic carbocycles. The van der Waals surface area contributed by atoms with E-state index < -0.39 is 5.60 Å². The first kappa shape index (κ1) is 13.0. The topological polar surface area (TPSA) is 20.2 Å². The van der Waals surface area contributed by atoms with Crippen LogP contribution >= 0.6 is 0 Å². The van der Waals surface area contributed by atoms with Crippen molar-refractivity contribution in [3.63, 3.8) is 0 Å². The number of benzene rings is 1. The van der Waals surface area contributed by atoms with Gasteiger partial charge in [0.05, 0.1) is 5.60 Å². The van der Waals surface area contributed by atoms with Crippen LogP contribution in [0.1, 0.15) is 43.4 Å². The molecule has 0 spiro atoms. The van der Waals surface area contributed by atoms with E-state index in [1.165, 1.54) is 16.7 Å². The zero-order chi connectivity index (χ0) is 12.2. The molecule has 1 N–H and O–H groups in total. The molecule has 0 unspecified atom stereocenters.